The molecule has 0 saturated heterocycles. The highest BCUT2D eigenvalue weighted by Crippen LogP contribution is 2.35. The maximum atomic E-state index is 3.80. The van der Waals surface area contributed by atoms with Gasteiger partial charge < -0.3 is 10.2 Å². The number of nitrogens with zero attached hydrogens (tertiary/aromatic N) is 1. The number of nitrogens with one attached hydrogen (secondary N) is 1. The van der Waals surface area contributed by atoms with Gasteiger partial charge in [0.05, 0.1) is 0 Å². The predicted molar refractivity (Wildman–Crippen MR) is 88.1 cm³/mol. The van der Waals surface area contributed by atoms with Crippen LogP contribution in [0.5, 0.6) is 0 Å². The summed E-state index contributed by atoms with van der Waals surface area (Å²) in [5.41, 5.74) is 0.421. The van der Waals surface area contributed by atoms with Crippen molar-refractivity contribution in [1.82, 2.24) is 10.2 Å². The first kappa shape index (κ1) is 16.3. The zero-order valence-electron chi connectivity index (χ0n) is 14.1. The Hall–Kier alpha value is -0.0800. The van der Waals surface area contributed by atoms with E-state index in [1.54, 1.807) is 0 Å². The molecule has 0 aliphatic heterocycles. The van der Waals surface area contributed by atoms with E-state index in [4.69, 9.17) is 0 Å². The molecule has 0 aromatic heterocycles. The summed E-state index contributed by atoms with van der Waals surface area (Å²) >= 11 is 0. The van der Waals surface area contributed by atoms with Crippen LogP contribution >= 0.6 is 0 Å². The van der Waals surface area contributed by atoms with E-state index in [-0.39, 0.29) is 0 Å². The van der Waals surface area contributed by atoms with E-state index in [1.807, 2.05) is 0 Å². The van der Waals surface area contributed by atoms with Gasteiger partial charge in [0, 0.05) is 12.1 Å². The summed E-state index contributed by atoms with van der Waals surface area (Å²) in [7, 11) is 4.56. The summed E-state index contributed by atoms with van der Waals surface area (Å²) in [5.74, 6) is 1.91. The third-order valence-electron chi connectivity index (χ3n) is 5.92. The van der Waals surface area contributed by atoms with Gasteiger partial charge in [-0.2, -0.15) is 0 Å². The van der Waals surface area contributed by atoms with E-state index in [1.165, 1.54) is 77.3 Å². The molecule has 2 aliphatic carbocycles. The van der Waals surface area contributed by atoms with Crippen molar-refractivity contribution in [3.63, 3.8) is 0 Å². The Morgan fingerprint density at radius 1 is 1.05 bits per heavy atom. The molecule has 2 heteroatoms. The van der Waals surface area contributed by atoms with Crippen LogP contribution in [0.2, 0.25) is 0 Å². The highest BCUT2D eigenvalue weighted by molar-refractivity contribution is 4.94. The van der Waals surface area contributed by atoms with Crippen LogP contribution in [0.4, 0.5) is 0 Å². The molecule has 2 fully saturated rings. The molecule has 2 rings (SSSR count). The van der Waals surface area contributed by atoms with E-state index < -0.39 is 0 Å². The Balaban J connectivity index is 1.72. The van der Waals surface area contributed by atoms with Gasteiger partial charge in [0.1, 0.15) is 0 Å². The lowest BCUT2D eigenvalue weighted by molar-refractivity contribution is 0.0749. The zero-order chi connectivity index (χ0) is 14.4. The molecule has 2 nitrogen and oxygen atoms in total. The van der Waals surface area contributed by atoms with Crippen molar-refractivity contribution in [3.8, 4) is 0 Å². The molecule has 0 aromatic rings. The lowest BCUT2D eigenvalue weighted by Crippen LogP contribution is -2.54. The third-order valence-corrected chi connectivity index (χ3v) is 5.92. The second-order valence-corrected chi connectivity index (χ2v) is 7.79. The van der Waals surface area contributed by atoms with Crippen molar-refractivity contribution >= 4 is 0 Å². The number of hydrogen-bond donors (Lipinski definition) is 1. The van der Waals surface area contributed by atoms with Gasteiger partial charge in [-0.05, 0) is 51.7 Å². The fraction of sp³-hybridized carbons (Fsp3) is 1.00. The first-order valence-corrected chi connectivity index (χ1v) is 9.00. The van der Waals surface area contributed by atoms with Crippen molar-refractivity contribution < 1.29 is 0 Å². The van der Waals surface area contributed by atoms with Gasteiger partial charge in [-0.15, -0.1) is 0 Å². The van der Waals surface area contributed by atoms with E-state index in [9.17, 15) is 0 Å². The quantitative estimate of drug-likeness (QED) is 0.738. The van der Waals surface area contributed by atoms with Gasteiger partial charge in [0.15, 0.2) is 0 Å². The molecular weight excluding hydrogens is 244 g/mol. The fourth-order valence-corrected chi connectivity index (χ4v) is 4.46. The molecule has 0 radical (unpaired) electrons. The van der Waals surface area contributed by atoms with Crippen molar-refractivity contribution in [1.29, 1.82) is 0 Å². The largest absolute Gasteiger partial charge is 0.315 e. The Kier molecular flexibility index (Phi) is 6.35. The normalized spacial score (nSPS) is 32.7. The highest BCUT2D eigenvalue weighted by atomic mass is 15.2. The van der Waals surface area contributed by atoms with Gasteiger partial charge in [-0.25, -0.2) is 0 Å². The lowest BCUT2D eigenvalue weighted by atomic mass is 9.75. The van der Waals surface area contributed by atoms with Crippen LogP contribution in [-0.2, 0) is 0 Å². The van der Waals surface area contributed by atoms with E-state index in [0.29, 0.717) is 5.54 Å². The molecule has 2 unspecified atom stereocenters. The van der Waals surface area contributed by atoms with Gasteiger partial charge >= 0.3 is 0 Å². The Bertz CT molecular complexity index is 271. The summed E-state index contributed by atoms with van der Waals surface area (Å²) < 4.78 is 0. The molecule has 0 amide bonds. The van der Waals surface area contributed by atoms with Crippen LogP contribution in [0, 0.1) is 11.8 Å². The molecule has 20 heavy (non-hydrogen) atoms. The molecule has 2 saturated carbocycles. The number of hydrogen-bond acceptors (Lipinski definition) is 2. The van der Waals surface area contributed by atoms with Crippen LogP contribution in [-0.4, -0.2) is 37.6 Å². The van der Waals surface area contributed by atoms with Crippen molar-refractivity contribution in [2.75, 3.05) is 27.2 Å². The zero-order valence-corrected chi connectivity index (χ0v) is 14.1. The number of rotatable bonds is 6. The smallest absolute Gasteiger partial charge is 0.0330 e. The van der Waals surface area contributed by atoms with Crippen molar-refractivity contribution in [3.05, 3.63) is 0 Å². The van der Waals surface area contributed by atoms with Gasteiger partial charge in [0.25, 0.3) is 0 Å². The molecule has 2 atom stereocenters. The molecule has 2 aliphatic rings. The van der Waals surface area contributed by atoms with Gasteiger partial charge in [0.2, 0.25) is 0 Å². The molecule has 0 spiro atoms. The second-order valence-electron chi connectivity index (χ2n) is 7.79. The highest BCUT2D eigenvalue weighted by Gasteiger charge is 2.36. The van der Waals surface area contributed by atoms with Crippen LogP contribution in [0.1, 0.15) is 71.1 Å². The Morgan fingerprint density at radius 3 is 2.45 bits per heavy atom. The average Bonchev–Trinajstić information content (AvgIpc) is 2.45. The predicted octanol–water partition coefficient (Wildman–Crippen LogP) is 4.06. The first-order chi connectivity index (χ1) is 9.62. The van der Waals surface area contributed by atoms with E-state index in [0.717, 1.165) is 11.8 Å². The number of likely N-dealkylation sites (N-methyl/N-ethyl adjacent to an activating group) is 1. The Morgan fingerprint density at radius 2 is 1.80 bits per heavy atom. The summed E-state index contributed by atoms with van der Waals surface area (Å²) in [6.45, 7) is 4.85. The van der Waals surface area contributed by atoms with Crippen LogP contribution in [0.25, 0.3) is 0 Å². The molecule has 0 aromatic carbocycles. The maximum Gasteiger partial charge on any atom is 0.0330 e. The van der Waals surface area contributed by atoms with Crippen LogP contribution < -0.4 is 5.32 Å². The maximum absolute atomic E-state index is 3.80. The van der Waals surface area contributed by atoms with E-state index in [2.05, 4.69) is 31.2 Å². The summed E-state index contributed by atoms with van der Waals surface area (Å²) in [5, 5.41) is 3.80. The van der Waals surface area contributed by atoms with Crippen molar-refractivity contribution in [2.24, 2.45) is 11.8 Å². The summed E-state index contributed by atoms with van der Waals surface area (Å²) in [4.78, 5) is 2.50. The third kappa shape index (κ3) is 4.46. The minimum Gasteiger partial charge on any atom is -0.315 e. The molecule has 0 heterocycles. The Labute approximate surface area is 126 Å². The second kappa shape index (κ2) is 7.79. The topological polar surface area (TPSA) is 15.3 Å². The summed E-state index contributed by atoms with van der Waals surface area (Å²) in [6, 6.07) is 0. The van der Waals surface area contributed by atoms with Crippen LogP contribution in [0.3, 0.4) is 0 Å². The monoisotopic (exact) mass is 280 g/mol. The fourth-order valence-electron chi connectivity index (χ4n) is 4.46. The van der Waals surface area contributed by atoms with Gasteiger partial charge in [-0.1, -0.05) is 51.9 Å². The summed E-state index contributed by atoms with van der Waals surface area (Å²) in [6.07, 6.45) is 14.4. The van der Waals surface area contributed by atoms with Crippen LogP contribution in [0.15, 0.2) is 0 Å². The van der Waals surface area contributed by atoms with Crippen molar-refractivity contribution in [2.45, 2.75) is 76.7 Å². The lowest BCUT2D eigenvalue weighted by Gasteiger charge is -2.45. The van der Waals surface area contributed by atoms with E-state index >= 15 is 0 Å². The standard InChI is InChI=1S/C18H36N2/c1-16-8-7-12-18(14-16,20(2)3)15-19-13-11-17-9-5-4-6-10-17/h16-17,19H,4-15H2,1-3H3. The average molecular weight is 280 g/mol. The molecule has 118 valence electrons. The van der Waals surface area contributed by atoms with Gasteiger partial charge in [-0.3, -0.25) is 0 Å². The molecule has 1 N–H and O–H groups in total. The SMILES string of the molecule is CC1CCCC(CNCCC2CCCCC2)(N(C)C)C1. The molecule has 0 bridgehead atoms. The minimum absolute atomic E-state index is 0.421. The first-order valence-electron chi connectivity index (χ1n) is 9.00. The molecular formula is C18H36N2. The minimum atomic E-state index is 0.421.